The van der Waals surface area contributed by atoms with Gasteiger partial charge in [-0.2, -0.15) is 0 Å². The Hall–Kier alpha value is -3.39. The van der Waals surface area contributed by atoms with Crippen molar-refractivity contribution in [3.05, 3.63) is 83.5 Å². The lowest BCUT2D eigenvalue weighted by Gasteiger charge is -2.12. The van der Waals surface area contributed by atoms with Crippen molar-refractivity contribution in [2.24, 2.45) is 0 Å². The maximum Gasteiger partial charge on any atom is 0.291 e. The number of amides is 1. The number of rotatable bonds is 5. The Morgan fingerprint density at radius 2 is 2.00 bits per heavy atom. The minimum atomic E-state index is -0.405. The van der Waals surface area contributed by atoms with Gasteiger partial charge < -0.3 is 5.32 Å². The summed E-state index contributed by atoms with van der Waals surface area (Å²) >= 11 is 1.47. The highest BCUT2D eigenvalue weighted by molar-refractivity contribution is 7.13. The Morgan fingerprint density at radius 3 is 2.71 bits per heavy atom. The van der Waals surface area contributed by atoms with Crippen LogP contribution in [0.5, 0.6) is 0 Å². The first-order valence-electron chi connectivity index (χ1n) is 8.59. The highest BCUT2D eigenvalue weighted by Crippen LogP contribution is 2.26. The number of halogens is 1. The SMILES string of the molecule is CC(NC(=O)c1nc(-c2cccs2)n(-c2cccc(F)c2)n1)c1ccncc1. The van der Waals surface area contributed by atoms with Gasteiger partial charge in [-0.3, -0.25) is 9.78 Å². The number of hydrogen-bond donors (Lipinski definition) is 1. The topological polar surface area (TPSA) is 72.7 Å². The standard InChI is InChI=1S/C20H16FN5OS/c1-13(14-7-9-22-10-8-14)23-20(27)18-24-19(17-6-3-11-28-17)26(25-18)16-5-2-4-15(21)12-16/h2-13H,1H3,(H,23,27). The van der Waals surface area contributed by atoms with E-state index in [0.29, 0.717) is 11.5 Å². The normalized spacial score (nSPS) is 11.9. The second-order valence-corrected chi connectivity index (χ2v) is 7.05. The fraction of sp³-hybridized carbons (Fsp3) is 0.100. The van der Waals surface area contributed by atoms with Crippen LogP contribution in [0.3, 0.4) is 0 Å². The molecule has 0 fully saturated rings. The van der Waals surface area contributed by atoms with Crippen LogP contribution < -0.4 is 5.32 Å². The zero-order valence-electron chi connectivity index (χ0n) is 14.9. The molecule has 1 atom stereocenters. The highest BCUT2D eigenvalue weighted by atomic mass is 32.1. The van der Waals surface area contributed by atoms with Gasteiger partial charge in [-0.25, -0.2) is 14.1 Å². The predicted octanol–water partition coefficient (Wildman–Crippen LogP) is 4.02. The van der Waals surface area contributed by atoms with Crippen LogP contribution in [0.4, 0.5) is 4.39 Å². The molecule has 1 unspecified atom stereocenters. The van der Waals surface area contributed by atoms with Crippen molar-refractivity contribution in [2.75, 3.05) is 0 Å². The van der Waals surface area contributed by atoms with Gasteiger partial charge in [0.05, 0.1) is 16.6 Å². The summed E-state index contributed by atoms with van der Waals surface area (Å²) in [6.45, 7) is 1.87. The van der Waals surface area contributed by atoms with Crippen LogP contribution in [0.2, 0.25) is 0 Å². The van der Waals surface area contributed by atoms with E-state index in [2.05, 4.69) is 20.4 Å². The zero-order valence-corrected chi connectivity index (χ0v) is 15.7. The molecule has 28 heavy (non-hydrogen) atoms. The van der Waals surface area contributed by atoms with Crippen molar-refractivity contribution in [1.82, 2.24) is 25.1 Å². The molecule has 4 rings (SSSR count). The van der Waals surface area contributed by atoms with Crippen LogP contribution in [-0.4, -0.2) is 25.7 Å². The van der Waals surface area contributed by atoms with Crippen molar-refractivity contribution in [3.63, 3.8) is 0 Å². The molecule has 0 saturated carbocycles. The van der Waals surface area contributed by atoms with E-state index in [1.54, 1.807) is 24.5 Å². The Kier molecular flexibility index (Phi) is 4.94. The number of hydrogen-bond acceptors (Lipinski definition) is 5. The molecule has 1 N–H and O–H groups in total. The average molecular weight is 393 g/mol. The van der Waals surface area contributed by atoms with E-state index in [4.69, 9.17) is 0 Å². The van der Waals surface area contributed by atoms with Crippen LogP contribution >= 0.6 is 11.3 Å². The van der Waals surface area contributed by atoms with E-state index in [0.717, 1.165) is 10.4 Å². The Balaban J connectivity index is 1.68. The second kappa shape index (κ2) is 7.69. The van der Waals surface area contributed by atoms with Gasteiger partial charge >= 0.3 is 0 Å². The molecule has 0 bridgehead atoms. The van der Waals surface area contributed by atoms with Crippen LogP contribution in [0.15, 0.2) is 66.3 Å². The summed E-state index contributed by atoms with van der Waals surface area (Å²) < 4.78 is 15.2. The Morgan fingerprint density at radius 1 is 1.18 bits per heavy atom. The van der Waals surface area contributed by atoms with Crippen LogP contribution in [-0.2, 0) is 0 Å². The molecule has 6 nitrogen and oxygen atoms in total. The minimum Gasteiger partial charge on any atom is -0.343 e. The molecule has 0 saturated heterocycles. The lowest BCUT2D eigenvalue weighted by atomic mass is 10.1. The number of pyridine rings is 1. The summed E-state index contributed by atoms with van der Waals surface area (Å²) in [6, 6.07) is 13.2. The monoisotopic (exact) mass is 393 g/mol. The molecular formula is C20H16FN5OS. The Bertz CT molecular complexity index is 1100. The van der Waals surface area contributed by atoms with Crippen molar-refractivity contribution < 1.29 is 9.18 Å². The van der Waals surface area contributed by atoms with Crippen molar-refractivity contribution in [2.45, 2.75) is 13.0 Å². The molecule has 0 aliphatic carbocycles. The van der Waals surface area contributed by atoms with E-state index < -0.39 is 5.91 Å². The van der Waals surface area contributed by atoms with E-state index in [1.165, 1.54) is 28.2 Å². The quantitative estimate of drug-likeness (QED) is 0.556. The van der Waals surface area contributed by atoms with E-state index in [9.17, 15) is 9.18 Å². The summed E-state index contributed by atoms with van der Waals surface area (Å²) in [7, 11) is 0. The maximum absolute atomic E-state index is 13.7. The average Bonchev–Trinajstić information content (AvgIpc) is 3.38. The first-order valence-corrected chi connectivity index (χ1v) is 9.47. The maximum atomic E-state index is 13.7. The highest BCUT2D eigenvalue weighted by Gasteiger charge is 2.21. The van der Waals surface area contributed by atoms with Gasteiger partial charge in [-0.1, -0.05) is 12.1 Å². The minimum absolute atomic E-state index is 0.0218. The third-order valence-corrected chi connectivity index (χ3v) is 5.02. The number of thiophene rings is 1. The smallest absolute Gasteiger partial charge is 0.291 e. The molecule has 4 aromatic rings. The van der Waals surface area contributed by atoms with Gasteiger partial charge in [0.2, 0.25) is 5.82 Å². The van der Waals surface area contributed by atoms with Crippen LogP contribution in [0.25, 0.3) is 16.4 Å². The van der Waals surface area contributed by atoms with Gasteiger partial charge in [0.25, 0.3) is 5.91 Å². The number of aromatic nitrogens is 4. The first kappa shape index (κ1) is 18.0. The van der Waals surface area contributed by atoms with E-state index in [1.807, 2.05) is 36.6 Å². The largest absolute Gasteiger partial charge is 0.343 e. The molecule has 0 aliphatic heterocycles. The predicted molar refractivity (Wildman–Crippen MR) is 105 cm³/mol. The number of carbonyl (C=O) groups is 1. The summed E-state index contributed by atoms with van der Waals surface area (Å²) in [5.41, 5.74) is 1.42. The molecule has 1 aromatic carbocycles. The fourth-order valence-corrected chi connectivity index (χ4v) is 3.46. The number of benzene rings is 1. The number of carbonyl (C=O) groups excluding carboxylic acids is 1. The van der Waals surface area contributed by atoms with Crippen LogP contribution in [0, 0.1) is 5.82 Å². The van der Waals surface area contributed by atoms with Gasteiger partial charge in [0.15, 0.2) is 5.82 Å². The zero-order chi connectivity index (χ0) is 19.5. The van der Waals surface area contributed by atoms with E-state index >= 15 is 0 Å². The molecule has 0 spiro atoms. The summed E-state index contributed by atoms with van der Waals surface area (Å²) in [5.74, 6) is -0.282. The van der Waals surface area contributed by atoms with Crippen molar-refractivity contribution >= 4 is 17.2 Å². The summed E-state index contributed by atoms with van der Waals surface area (Å²) in [5, 5.41) is 9.14. The molecule has 3 heterocycles. The van der Waals surface area contributed by atoms with Gasteiger partial charge in [0, 0.05) is 12.4 Å². The van der Waals surface area contributed by atoms with E-state index in [-0.39, 0.29) is 17.7 Å². The molecule has 0 radical (unpaired) electrons. The molecule has 140 valence electrons. The van der Waals surface area contributed by atoms with Gasteiger partial charge in [-0.05, 0) is 54.3 Å². The molecule has 0 aliphatic rings. The molecule has 3 aromatic heterocycles. The lowest BCUT2D eigenvalue weighted by Crippen LogP contribution is -2.27. The Labute approximate surface area is 164 Å². The number of nitrogens with zero attached hydrogens (tertiary/aromatic N) is 4. The van der Waals surface area contributed by atoms with Gasteiger partial charge in [-0.15, -0.1) is 16.4 Å². The third kappa shape index (κ3) is 3.67. The van der Waals surface area contributed by atoms with Gasteiger partial charge in [0.1, 0.15) is 5.82 Å². The fourth-order valence-electron chi connectivity index (χ4n) is 2.76. The third-order valence-electron chi connectivity index (χ3n) is 4.16. The van der Waals surface area contributed by atoms with Crippen molar-refractivity contribution in [1.29, 1.82) is 0 Å². The van der Waals surface area contributed by atoms with Crippen LogP contribution in [0.1, 0.15) is 29.1 Å². The number of nitrogens with one attached hydrogen (secondary N) is 1. The molecular weight excluding hydrogens is 377 g/mol. The summed E-state index contributed by atoms with van der Waals surface area (Å²) in [6.07, 6.45) is 3.34. The summed E-state index contributed by atoms with van der Waals surface area (Å²) in [4.78, 5) is 22.0. The molecule has 1 amide bonds. The first-order chi connectivity index (χ1) is 13.6. The molecule has 8 heteroatoms. The second-order valence-electron chi connectivity index (χ2n) is 6.10. The lowest BCUT2D eigenvalue weighted by molar-refractivity contribution is 0.0929. The van der Waals surface area contributed by atoms with Crippen molar-refractivity contribution in [3.8, 4) is 16.4 Å².